The van der Waals surface area contributed by atoms with Gasteiger partial charge in [0.05, 0.1) is 19.3 Å². The maximum atomic E-state index is 14.8. The lowest BCUT2D eigenvalue weighted by molar-refractivity contribution is -0.0626. The van der Waals surface area contributed by atoms with Crippen molar-refractivity contribution in [3.8, 4) is 5.75 Å². The third kappa shape index (κ3) is 6.74. The quantitative estimate of drug-likeness (QED) is 0.427. The number of dihydropyridines is 1. The molecule has 37 heavy (non-hydrogen) atoms. The molecular weight excluding hydrogens is 476 g/mol. The van der Waals surface area contributed by atoms with E-state index in [1.807, 2.05) is 32.1 Å². The second-order valence-corrected chi connectivity index (χ2v) is 9.46. The lowest BCUT2D eigenvalue weighted by Gasteiger charge is -2.47. The fourth-order valence-electron chi connectivity index (χ4n) is 4.59. The van der Waals surface area contributed by atoms with Crippen molar-refractivity contribution >= 4 is 0 Å². The summed E-state index contributed by atoms with van der Waals surface area (Å²) in [6.07, 6.45) is 13.2. The van der Waals surface area contributed by atoms with Crippen molar-refractivity contribution in [1.29, 1.82) is 0 Å². The Morgan fingerprint density at radius 1 is 1.16 bits per heavy atom. The van der Waals surface area contributed by atoms with Crippen molar-refractivity contribution in [1.82, 2.24) is 15.1 Å². The Morgan fingerprint density at radius 2 is 1.92 bits per heavy atom. The number of allylic oxidation sites excluding steroid dienone is 5. The fourth-order valence-corrected chi connectivity index (χ4v) is 4.59. The van der Waals surface area contributed by atoms with Gasteiger partial charge in [-0.25, -0.2) is 8.78 Å². The van der Waals surface area contributed by atoms with Crippen LogP contribution in [0.15, 0.2) is 71.7 Å². The molecule has 0 amide bonds. The minimum atomic E-state index is -0.774. The van der Waals surface area contributed by atoms with Crippen LogP contribution in [0, 0.1) is 11.6 Å². The number of hydrogen-bond acceptors (Lipinski definition) is 6. The summed E-state index contributed by atoms with van der Waals surface area (Å²) in [4.78, 5) is 4.58. The van der Waals surface area contributed by atoms with Gasteiger partial charge in [0.1, 0.15) is 23.9 Å². The summed E-state index contributed by atoms with van der Waals surface area (Å²) < 4.78 is 47.0. The van der Waals surface area contributed by atoms with Gasteiger partial charge in [0, 0.05) is 37.1 Å². The number of fused-ring (bicyclic) bond motifs is 2. The van der Waals surface area contributed by atoms with Crippen LogP contribution in [-0.4, -0.2) is 48.2 Å². The second kappa shape index (κ2) is 12.3. The highest BCUT2D eigenvalue weighted by molar-refractivity contribution is 5.34. The van der Waals surface area contributed by atoms with Gasteiger partial charge >= 0.3 is 0 Å². The average molecular weight is 514 g/mol. The van der Waals surface area contributed by atoms with Gasteiger partial charge in [0.2, 0.25) is 0 Å². The van der Waals surface area contributed by atoms with Gasteiger partial charge in [-0.1, -0.05) is 26.0 Å². The molecule has 0 aromatic heterocycles. The van der Waals surface area contributed by atoms with Crippen molar-refractivity contribution in [2.75, 3.05) is 26.2 Å². The van der Waals surface area contributed by atoms with Gasteiger partial charge in [-0.3, -0.25) is 0 Å². The minimum Gasteiger partial charge on any atom is -0.489 e. The number of halogens is 2. The molecule has 3 aliphatic rings. The summed E-state index contributed by atoms with van der Waals surface area (Å²) in [7, 11) is 0. The first-order valence-corrected chi connectivity index (χ1v) is 13.0. The number of nitrogens with one attached hydrogen (secondary N) is 1. The molecule has 0 radical (unpaired) electrons. The molecular formula is C29H37F2N3O3. The molecule has 8 heteroatoms. The molecule has 1 N–H and O–H groups in total. The molecule has 200 valence electrons. The maximum absolute atomic E-state index is 14.8. The normalized spacial score (nSPS) is 23.2. The third-order valence-electron chi connectivity index (χ3n) is 6.45. The summed E-state index contributed by atoms with van der Waals surface area (Å²) in [5.74, 6) is 0.0813. The molecule has 2 bridgehead atoms. The lowest BCUT2D eigenvalue weighted by Crippen LogP contribution is -2.55. The highest BCUT2D eigenvalue weighted by Gasteiger charge is 2.33. The Hall–Kier alpha value is -3.26. The summed E-state index contributed by atoms with van der Waals surface area (Å²) >= 11 is 0. The van der Waals surface area contributed by atoms with Gasteiger partial charge in [0.25, 0.3) is 0 Å². The van der Waals surface area contributed by atoms with E-state index in [9.17, 15) is 8.78 Å². The largest absolute Gasteiger partial charge is 0.489 e. The molecule has 0 aliphatic carbocycles. The van der Waals surface area contributed by atoms with E-state index >= 15 is 0 Å². The van der Waals surface area contributed by atoms with Crippen LogP contribution in [0.3, 0.4) is 0 Å². The number of ether oxygens (including phenoxy) is 3. The van der Waals surface area contributed by atoms with E-state index in [0.717, 1.165) is 44.0 Å². The molecule has 6 nitrogen and oxygen atoms in total. The minimum absolute atomic E-state index is 0.0287. The first-order valence-electron chi connectivity index (χ1n) is 13.0. The smallest absolute Gasteiger partial charge is 0.198 e. The molecule has 2 fully saturated rings. The number of benzene rings is 1. The van der Waals surface area contributed by atoms with E-state index < -0.39 is 17.4 Å². The van der Waals surface area contributed by atoms with E-state index in [2.05, 4.69) is 35.0 Å². The lowest BCUT2D eigenvalue weighted by atomic mass is 10.1. The van der Waals surface area contributed by atoms with Crippen LogP contribution in [0.5, 0.6) is 5.75 Å². The highest BCUT2D eigenvalue weighted by atomic mass is 19.1. The van der Waals surface area contributed by atoms with E-state index in [0.29, 0.717) is 23.7 Å². The SMILES string of the molecule is CC/C=C(/C=C1/N2CCOC(C2)CN1/C(C)=C\CC)OCc1cc(F)c(OC2=CNC(C)C=C2)c(F)c1. The summed E-state index contributed by atoms with van der Waals surface area (Å²) in [5.41, 5.74) is 1.55. The summed E-state index contributed by atoms with van der Waals surface area (Å²) in [6.45, 7) is 11.3. The molecule has 1 aromatic carbocycles. The highest BCUT2D eigenvalue weighted by Crippen LogP contribution is 2.29. The Balaban J connectivity index is 1.50. The van der Waals surface area contributed by atoms with Crippen molar-refractivity contribution in [2.45, 2.75) is 59.3 Å². The van der Waals surface area contributed by atoms with Gasteiger partial charge in [-0.05, 0) is 56.5 Å². The summed E-state index contributed by atoms with van der Waals surface area (Å²) in [5, 5.41) is 3.04. The molecule has 0 saturated carbocycles. The van der Waals surface area contributed by atoms with Gasteiger partial charge < -0.3 is 29.3 Å². The number of rotatable bonds is 9. The van der Waals surface area contributed by atoms with Crippen molar-refractivity contribution < 1.29 is 23.0 Å². The van der Waals surface area contributed by atoms with Gasteiger partial charge in [-0.15, -0.1) is 0 Å². The molecule has 0 spiro atoms. The predicted molar refractivity (Wildman–Crippen MR) is 140 cm³/mol. The zero-order valence-corrected chi connectivity index (χ0v) is 22.1. The van der Waals surface area contributed by atoms with Crippen LogP contribution in [0.25, 0.3) is 0 Å². The number of morpholine rings is 1. The maximum Gasteiger partial charge on any atom is 0.198 e. The van der Waals surface area contributed by atoms with Crippen molar-refractivity contribution in [3.63, 3.8) is 0 Å². The van der Waals surface area contributed by atoms with Crippen molar-refractivity contribution in [2.24, 2.45) is 0 Å². The van der Waals surface area contributed by atoms with Gasteiger partial charge in [-0.2, -0.15) is 0 Å². The number of nitrogens with zero attached hydrogens (tertiary/aromatic N) is 2. The van der Waals surface area contributed by atoms with E-state index in [1.54, 1.807) is 12.3 Å². The second-order valence-electron chi connectivity index (χ2n) is 9.46. The molecule has 1 aromatic rings. The molecule has 4 rings (SSSR count). The monoisotopic (exact) mass is 513 g/mol. The Morgan fingerprint density at radius 3 is 2.59 bits per heavy atom. The molecule has 2 saturated heterocycles. The van der Waals surface area contributed by atoms with E-state index in [-0.39, 0.29) is 18.8 Å². The molecule has 3 heterocycles. The average Bonchev–Trinajstić information content (AvgIpc) is 2.87. The van der Waals surface area contributed by atoms with Crippen molar-refractivity contribution in [3.05, 3.63) is 88.9 Å². The zero-order valence-electron chi connectivity index (χ0n) is 22.1. The first kappa shape index (κ1) is 26.8. The van der Waals surface area contributed by atoms with E-state index in [1.165, 1.54) is 12.1 Å². The van der Waals surface area contributed by atoms with Crippen LogP contribution in [0.4, 0.5) is 8.78 Å². The number of hydrogen-bond donors (Lipinski definition) is 1. The standard InChI is InChI=1S/C29H37F2N3O3/c1-5-7-21(4)34-18-25-17-33(11-12-35-25)28(34)15-23(8-6-2)36-19-22-13-26(30)29(27(31)14-22)37-24-10-9-20(3)32-16-24/h7-10,13-16,20,25,32H,5-6,11-12,17-19H2,1-4H3/b21-7-,23-8-,28-15-. The van der Waals surface area contributed by atoms with Gasteiger partial charge in [0.15, 0.2) is 17.4 Å². The predicted octanol–water partition coefficient (Wildman–Crippen LogP) is 5.72. The topological polar surface area (TPSA) is 46.2 Å². The molecule has 3 aliphatic heterocycles. The third-order valence-corrected chi connectivity index (χ3v) is 6.45. The van der Waals surface area contributed by atoms with Crippen LogP contribution < -0.4 is 10.1 Å². The molecule has 2 unspecified atom stereocenters. The fraction of sp³-hybridized carbons (Fsp3) is 0.448. The summed E-state index contributed by atoms with van der Waals surface area (Å²) in [6, 6.07) is 2.65. The molecule has 2 atom stereocenters. The van der Waals surface area contributed by atoms with Crippen LogP contribution >= 0.6 is 0 Å². The Bertz CT molecular complexity index is 1100. The Labute approximate surface area is 218 Å². The van der Waals surface area contributed by atoms with Crippen LogP contribution in [-0.2, 0) is 16.1 Å². The first-order chi connectivity index (χ1) is 17.9. The zero-order chi connectivity index (χ0) is 26.4. The van der Waals surface area contributed by atoms with Crippen LogP contribution in [0.2, 0.25) is 0 Å². The Kier molecular flexibility index (Phi) is 8.92. The van der Waals surface area contributed by atoms with Crippen LogP contribution in [0.1, 0.15) is 46.1 Å². The van der Waals surface area contributed by atoms with E-state index in [4.69, 9.17) is 14.2 Å².